The van der Waals surface area contributed by atoms with Crippen molar-refractivity contribution in [3.8, 4) is 5.75 Å². The normalized spacial score (nSPS) is 20.0. The Hall–Kier alpha value is -2.23. The molecule has 110 valence electrons. The number of ether oxygens (including phenoxy) is 1. The fourth-order valence-corrected chi connectivity index (χ4v) is 2.55. The van der Waals surface area contributed by atoms with E-state index in [-0.39, 0.29) is 17.7 Å². The Bertz CT molecular complexity index is 589. The van der Waals surface area contributed by atoms with Gasteiger partial charge >= 0.3 is 0 Å². The Labute approximate surface area is 124 Å². The Kier molecular flexibility index (Phi) is 3.95. The summed E-state index contributed by atoms with van der Waals surface area (Å²) in [6, 6.07) is 11.7. The van der Waals surface area contributed by atoms with E-state index in [0.29, 0.717) is 6.54 Å². The van der Waals surface area contributed by atoms with Gasteiger partial charge in [0.1, 0.15) is 11.5 Å². The Morgan fingerprint density at radius 1 is 1.33 bits per heavy atom. The zero-order chi connectivity index (χ0) is 14.7. The lowest BCUT2D eigenvalue weighted by atomic mass is 10.1. The van der Waals surface area contributed by atoms with Gasteiger partial charge in [0.15, 0.2) is 0 Å². The number of rotatable bonds is 6. The first kappa shape index (κ1) is 13.7. The molecule has 21 heavy (non-hydrogen) atoms. The predicted molar refractivity (Wildman–Crippen MR) is 79.3 cm³/mol. The maximum absolute atomic E-state index is 12.0. The van der Waals surface area contributed by atoms with Crippen molar-refractivity contribution in [1.82, 2.24) is 5.32 Å². The third-order valence-corrected chi connectivity index (χ3v) is 3.91. The molecule has 0 spiro atoms. The summed E-state index contributed by atoms with van der Waals surface area (Å²) in [5.41, 5.74) is 1.19. The minimum Gasteiger partial charge on any atom is -0.497 e. The molecule has 1 aliphatic rings. The molecule has 1 fully saturated rings. The van der Waals surface area contributed by atoms with E-state index in [1.54, 1.807) is 13.4 Å². The largest absolute Gasteiger partial charge is 0.497 e. The molecule has 1 aromatic carbocycles. The highest BCUT2D eigenvalue weighted by Crippen LogP contribution is 2.47. The van der Waals surface area contributed by atoms with Crippen LogP contribution >= 0.6 is 0 Å². The molecule has 1 amide bonds. The van der Waals surface area contributed by atoms with Gasteiger partial charge in [-0.15, -0.1) is 0 Å². The van der Waals surface area contributed by atoms with E-state index in [9.17, 15) is 4.79 Å². The highest BCUT2D eigenvalue weighted by Gasteiger charge is 2.45. The van der Waals surface area contributed by atoms with Gasteiger partial charge in [-0.3, -0.25) is 4.79 Å². The Balaban J connectivity index is 1.42. The standard InChI is InChI=1S/C17H19NO3/c1-20-13-6-4-12(5-7-13)8-9-18-17(19)15-11-14(15)16-3-2-10-21-16/h2-7,10,14-15H,8-9,11H2,1H3,(H,18,19). The quantitative estimate of drug-likeness (QED) is 0.888. The first-order chi connectivity index (χ1) is 10.3. The molecular formula is C17H19NO3. The lowest BCUT2D eigenvalue weighted by Gasteiger charge is -2.06. The van der Waals surface area contributed by atoms with Crippen molar-refractivity contribution in [3.63, 3.8) is 0 Å². The highest BCUT2D eigenvalue weighted by atomic mass is 16.5. The molecule has 1 N–H and O–H groups in total. The van der Waals surface area contributed by atoms with Crippen molar-refractivity contribution in [1.29, 1.82) is 0 Å². The second-order valence-corrected chi connectivity index (χ2v) is 5.35. The molecule has 1 aliphatic carbocycles. The molecule has 4 heteroatoms. The van der Waals surface area contributed by atoms with Crippen LogP contribution in [0.2, 0.25) is 0 Å². The van der Waals surface area contributed by atoms with Crippen LogP contribution in [0.4, 0.5) is 0 Å². The number of carbonyl (C=O) groups excluding carboxylic acids is 1. The zero-order valence-electron chi connectivity index (χ0n) is 12.0. The van der Waals surface area contributed by atoms with Crippen LogP contribution in [0, 0.1) is 5.92 Å². The number of amides is 1. The smallest absolute Gasteiger partial charge is 0.223 e. The summed E-state index contributed by atoms with van der Waals surface area (Å²) in [4.78, 5) is 12.0. The summed E-state index contributed by atoms with van der Waals surface area (Å²) in [6.45, 7) is 0.659. The second-order valence-electron chi connectivity index (χ2n) is 5.35. The molecule has 0 bridgehead atoms. The summed E-state index contributed by atoms with van der Waals surface area (Å²) in [6.07, 6.45) is 3.38. The van der Waals surface area contributed by atoms with Crippen molar-refractivity contribution >= 4 is 5.91 Å². The summed E-state index contributed by atoms with van der Waals surface area (Å²) < 4.78 is 10.5. The van der Waals surface area contributed by atoms with Crippen molar-refractivity contribution in [2.75, 3.05) is 13.7 Å². The number of furan rings is 1. The van der Waals surface area contributed by atoms with Crippen molar-refractivity contribution in [2.24, 2.45) is 5.92 Å². The minimum absolute atomic E-state index is 0.0759. The first-order valence-electron chi connectivity index (χ1n) is 7.22. The molecule has 0 saturated heterocycles. The second kappa shape index (κ2) is 6.04. The van der Waals surface area contributed by atoms with Crippen molar-refractivity contribution < 1.29 is 13.9 Å². The van der Waals surface area contributed by atoms with E-state index in [2.05, 4.69) is 5.32 Å². The summed E-state index contributed by atoms with van der Waals surface area (Å²) >= 11 is 0. The van der Waals surface area contributed by atoms with Crippen LogP contribution in [0.25, 0.3) is 0 Å². The molecular weight excluding hydrogens is 266 g/mol. The van der Waals surface area contributed by atoms with Crippen molar-refractivity contribution in [2.45, 2.75) is 18.8 Å². The highest BCUT2D eigenvalue weighted by molar-refractivity contribution is 5.82. The molecule has 0 aliphatic heterocycles. The van der Waals surface area contributed by atoms with Gasteiger partial charge in [-0.05, 0) is 42.7 Å². The first-order valence-corrected chi connectivity index (χ1v) is 7.22. The third kappa shape index (κ3) is 3.27. The molecule has 1 heterocycles. The van der Waals surface area contributed by atoms with Crippen LogP contribution < -0.4 is 10.1 Å². The van der Waals surface area contributed by atoms with Gasteiger partial charge in [0.25, 0.3) is 0 Å². The fourth-order valence-electron chi connectivity index (χ4n) is 2.55. The van der Waals surface area contributed by atoms with Crippen LogP contribution in [0.15, 0.2) is 47.1 Å². The monoisotopic (exact) mass is 285 g/mol. The van der Waals surface area contributed by atoms with E-state index in [0.717, 1.165) is 24.4 Å². The van der Waals surface area contributed by atoms with Crippen LogP contribution in [0.5, 0.6) is 5.75 Å². The van der Waals surface area contributed by atoms with Crippen LogP contribution in [0.3, 0.4) is 0 Å². The van der Waals surface area contributed by atoms with Crippen LogP contribution in [-0.4, -0.2) is 19.6 Å². The molecule has 1 aromatic heterocycles. The van der Waals surface area contributed by atoms with E-state index < -0.39 is 0 Å². The Morgan fingerprint density at radius 2 is 2.14 bits per heavy atom. The Morgan fingerprint density at radius 3 is 2.81 bits per heavy atom. The number of carbonyl (C=O) groups is 1. The maximum Gasteiger partial charge on any atom is 0.223 e. The van der Waals surface area contributed by atoms with Gasteiger partial charge in [0.05, 0.1) is 13.4 Å². The summed E-state index contributed by atoms with van der Waals surface area (Å²) in [5, 5.41) is 3.00. The lowest BCUT2D eigenvalue weighted by Crippen LogP contribution is -2.27. The third-order valence-electron chi connectivity index (χ3n) is 3.91. The van der Waals surface area contributed by atoms with Crippen LogP contribution in [-0.2, 0) is 11.2 Å². The van der Waals surface area contributed by atoms with Gasteiger partial charge in [-0.2, -0.15) is 0 Å². The molecule has 2 unspecified atom stereocenters. The molecule has 4 nitrogen and oxygen atoms in total. The van der Waals surface area contributed by atoms with Gasteiger partial charge < -0.3 is 14.5 Å². The molecule has 1 saturated carbocycles. The zero-order valence-corrected chi connectivity index (χ0v) is 12.0. The van der Waals surface area contributed by atoms with E-state index >= 15 is 0 Å². The minimum atomic E-state index is 0.0759. The van der Waals surface area contributed by atoms with Gasteiger partial charge in [-0.1, -0.05) is 12.1 Å². The number of methoxy groups -OCH3 is 1. The number of nitrogens with one attached hydrogen (secondary N) is 1. The van der Waals surface area contributed by atoms with Gasteiger partial charge in [-0.25, -0.2) is 0 Å². The lowest BCUT2D eigenvalue weighted by molar-refractivity contribution is -0.122. The van der Waals surface area contributed by atoms with E-state index in [4.69, 9.17) is 9.15 Å². The number of hydrogen-bond acceptors (Lipinski definition) is 3. The van der Waals surface area contributed by atoms with Gasteiger partial charge in [0, 0.05) is 18.4 Å². The molecule has 2 atom stereocenters. The predicted octanol–water partition coefficient (Wildman–Crippen LogP) is 2.75. The summed E-state index contributed by atoms with van der Waals surface area (Å²) in [5.74, 6) is 2.24. The summed E-state index contributed by atoms with van der Waals surface area (Å²) in [7, 11) is 1.65. The molecule has 0 radical (unpaired) electrons. The fraction of sp³-hybridized carbons (Fsp3) is 0.353. The average Bonchev–Trinajstić information content (AvgIpc) is 3.14. The van der Waals surface area contributed by atoms with Crippen molar-refractivity contribution in [3.05, 3.63) is 54.0 Å². The average molecular weight is 285 g/mol. The SMILES string of the molecule is COc1ccc(CCNC(=O)C2CC2c2ccco2)cc1. The molecule has 3 rings (SSSR count). The number of benzene rings is 1. The van der Waals surface area contributed by atoms with E-state index in [1.807, 2.05) is 36.4 Å². The number of hydrogen-bond donors (Lipinski definition) is 1. The van der Waals surface area contributed by atoms with Gasteiger partial charge in [0.2, 0.25) is 5.91 Å². The maximum atomic E-state index is 12.0. The van der Waals surface area contributed by atoms with Crippen LogP contribution in [0.1, 0.15) is 23.7 Å². The molecule has 2 aromatic rings. The topological polar surface area (TPSA) is 51.5 Å². The van der Waals surface area contributed by atoms with E-state index in [1.165, 1.54) is 5.56 Å².